The van der Waals surface area contributed by atoms with E-state index < -0.39 is 0 Å². The molecular weight excluding hydrogens is 258 g/mol. The minimum atomic E-state index is -0.150. The summed E-state index contributed by atoms with van der Waals surface area (Å²) >= 11 is 5.85. The minimum Gasteiger partial charge on any atom is -0.492 e. The first kappa shape index (κ1) is 13.9. The van der Waals surface area contributed by atoms with Crippen LogP contribution in [0.1, 0.15) is 24.1 Å². The van der Waals surface area contributed by atoms with E-state index in [2.05, 4.69) is 19.1 Å². The fourth-order valence-corrected chi connectivity index (χ4v) is 1.94. The molecule has 19 heavy (non-hydrogen) atoms. The standard InChI is InChI=1S/C16H18ClNO/c1-2-12-3-9-15(10-4-12)19-11-16(18)13-5-7-14(17)8-6-13/h3-10,16H,2,11,18H2,1H3. The highest BCUT2D eigenvalue weighted by molar-refractivity contribution is 6.30. The topological polar surface area (TPSA) is 35.2 Å². The number of hydrogen-bond donors (Lipinski definition) is 1. The van der Waals surface area contributed by atoms with Gasteiger partial charge < -0.3 is 10.5 Å². The van der Waals surface area contributed by atoms with Gasteiger partial charge in [0.05, 0.1) is 6.04 Å². The predicted molar refractivity (Wildman–Crippen MR) is 79.7 cm³/mol. The lowest BCUT2D eigenvalue weighted by Crippen LogP contribution is -2.18. The molecule has 0 aromatic heterocycles. The van der Waals surface area contributed by atoms with Crippen molar-refractivity contribution >= 4 is 11.6 Å². The normalized spacial score (nSPS) is 12.2. The third kappa shape index (κ3) is 3.98. The number of aryl methyl sites for hydroxylation is 1. The van der Waals surface area contributed by atoms with Gasteiger partial charge in [0.25, 0.3) is 0 Å². The van der Waals surface area contributed by atoms with Crippen molar-refractivity contribution in [1.29, 1.82) is 0 Å². The molecule has 0 bridgehead atoms. The molecule has 0 amide bonds. The number of nitrogens with two attached hydrogens (primary N) is 1. The Bertz CT molecular complexity index is 507. The lowest BCUT2D eigenvalue weighted by molar-refractivity contribution is 0.290. The van der Waals surface area contributed by atoms with Crippen molar-refractivity contribution in [3.8, 4) is 5.75 Å². The summed E-state index contributed by atoms with van der Waals surface area (Å²) in [7, 11) is 0. The van der Waals surface area contributed by atoms with Gasteiger partial charge in [-0.05, 0) is 41.8 Å². The van der Waals surface area contributed by atoms with Crippen LogP contribution in [0.25, 0.3) is 0 Å². The molecule has 0 aliphatic heterocycles. The lowest BCUT2D eigenvalue weighted by Gasteiger charge is -2.14. The Morgan fingerprint density at radius 2 is 1.68 bits per heavy atom. The van der Waals surface area contributed by atoms with Gasteiger partial charge in [0.1, 0.15) is 12.4 Å². The molecule has 2 rings (SSSR count). The molecule has 1 atom stereocenters. The summed E-state index contributed by atoms with van der Waals surface area (Å²) in [6.45, 7) is 2.58. The Morgan fingerprint density at radius 1 is 1.05 bits per heavy atom. The average molecular weight is 276 g/mol. The van der Waals surface area contributed by atoms with E-state index in [1.54, 1.807) is 0 Å². The SMILES string of the molecule is CCc1ccc(OCC(N)c2ccc(Cl)cc2)cc1. The molecule has 0 aliphatic carbocycles. The van der Waals surface area contributed by atoms with Crippen LogP contribution in [0.3, 0.4) is 0 Å². The van der Waals surface area contributed by atoms with Gasteiger partial charge in [-0.1, -0.05) is 42.8 Å². The van der Waals surface area contributed by atoms with Crippen LogP contribution in [0.2, 0.25) is 5.02 Å². The van der Waals surface area contributed by atoms with E-state index in [4.69, 9.17) is 22.1 Å². The highest BCUT2D eigenvalue weighted by Crippen LogP contribution is 2.17. The molecule has 2 aromatic carbocycles. The molecule has 0 saturated carbocycles. The molecule has 2 nitrogen and oxygen atoms in total. The molecule has 0 fully saturated rings. The summed E-state index contributed by atoms with van der Waals surface area (Å²) in [5, 5.41) is 0.715. The van der Waals surface area contributed by atoms with E-state index in [-0.39, 0.29) is 6.04 Å². The van der Waals surface area contributed by atoms with Crippen LogP contribution in [-0.2, 0) is 6.42 Å². The van der Waals surface area contributed by atoms with E-state index in [9.17, 15) is 0 Å². The minimum absolute atomic E-state index is 0.150. The molecular formula is C16H18ClNO. The zero-order valence-corrected chi connectivity index (χ0v) is 11.7. The van der Waals surface area contributed by atoms with Gasteiger partial charge in [0, 0.05) is 5.02 Å². The first-order valence-corrected chi connectivity index (χ1v) is 6.79. The highest BCUT2D eigenvalue weighted by Gasteiger charge is 2.06. The second-order valence-corrected chi connectivity index (χ2v) is 4.90. The number of halogens is 1. The zero-order chi connectivity index (χ0) is 13.7. The summed E-state index contributed by atoms with van der Waals surface area (Å²) in [5.41, 5.74) is 8.40. The maximum atomic E-state index is 6.08. The molecule has 2 N–H and O–H groups in total. The van der Waals surface area contributed by atoms with Crippen molar-refractivity contribution < 1.29 is 4.74 Å². The quantitative estimate of drug-likeness (QED) is 0.896. The third-order valence-electron chi connectivity index (χ3n) is 3.06. The maximum absolute atomic E-state index is 6.08. The fraction of sp³-hybridized carbons (Fsp3) is 0.250. The second kappa shape index (κ2) is 6.60. The molecule has 3 heteroatoms. The van der Waals surface area contributed by atoms with E-state index in [1.807, 2.05) is 36.4 Å². The Kier molecular flexibility index (Phi) is 4.83. The van der Waals surface area contributed by atoms with Gasteiger partial charge in [0.2, 0.25) is 0 Å². The summed E-state index contributed by atoms with van der Waals surface area (Å²) in [5.74, 6) is 0.849. The van der Waals surface area contributed by atoms with Crippen molar-refractivity contribution in [2.75, 3.05) is 6.61 Å². The Balaban J connectivity index is 1.92. The van der Waals surface area contributed by atoms with Gasteiger partial charge in [-0.25, -0.2) is 0 Å². The van der Waals surface area contributed by atoms with E-state index in [0.717, 1.165) is 17.7 Å². The van der Waals surface area contributed by atoms with Gasteiger partial charge in [-0.15, -0.1) is 0 Å². The smallest absolute Gasteiger partial charge is 0.119 e. The van der Waals surface area contributed by atoms with Crippen LogP contribution < -0.4 is 10.5 Å². The fourth-order valence-electron chi connectivity index (χ4n) is 1.81. The van der Waals surface area contributed by atoms with Crippen LogP contribution >= 0.6 is 11.6 Å². The van der Waals surface area contributed by atoms with Gasteiger partial charge in [-0.2, -0.15) is 0 Å². The summed E-state index contributed by atoms with van der Waals surface area (Å²) in [6, 6.07) is 15.5. The van der Waals surface area contributed by atoms with Crippen molar-refractivity contribution in [2.45, 2.75) is 19.4 Å². The number of hydrogen-bond acceptors (Lipinski definition) is 2. The monoisotopic (exact) mass is 275 g/mol. The molecule has 100 valence electrons. The average Bonchev–Trinajstić information content (AvgIpc) is 2.46. The Hall–Kier alpha value is -1.51. The molecule has 0 heterocycles. The summed E-state index contributed by atoms with van der Waals surface area (Å²) in [6.07, 6.45) is 1.03. The van der Waals surface area contributed by atoms with Gasteiger partial charge in [-0.3, -0.25) is 0 Å². The number of benzene rings is 2. The van der Waals surface area contributed by atoms with E-state index in [1.165, 1.54) is 5.56 Å². The first-order valence-electron chi connectivity index (χ1n) is 6.42. The van der Waals surface area contributed by atoms with E-state index >= 15 is 0 Å². The van der Waals surface area contributed by atoms with Crippen molar-refractivity contribution in [1.82, 2.24) is 0 Å². The largest absolute Gasteiger partial charge is 0.492 e. The van der Waals surface area contributed by atoms with Gasteiger partial charge in [0.15, 0.2) is 0 Å². The predicted octanol–water partition coefficient (Wildman–Crippen LogP) is 3.98. The Morgan fingerprint density at radius 3 is 2.26 bits per heavy atom. The zero-order valence-electron chi connectivity index (χ0n) is 11.0. The van der Waals surface area contributed by atoms with E-state index in [0.29, 0.717) is 11.6 Å². The number of rotatable bonds is 5. The summed E-state index contributed by atoms with van der Waals surface area (Å²) in [4.78, 5) is 0. The molecule has 0 saturated heterocycles. The number of ether oxygens (including phenoxy) is 1. The van der Waals surface area contributed by atoms with Crippen LogP contribution in [0.4, 0.5) is 0 Å². The second-order valence-electron chi connectivity index (χ2n) is 4.47. The van der Waals surface area contributed by atoms with Crippen LogP contribution in [-0.4, -0.2) is 6.61 Å². The lowest BCUT2D eigenvalue weighted by atomic mass is 10.1. The molecule has 0 spiro atoms. The molecule has 0 radical (unpaired) electrons. The summed E-state index contributed by atoms with van der Waals surface area (Å²) < 4.78 is 5.69. The van der Waals surface area contributed by atoms with Crippen LogP contribution in [0, 0.1) is 0 Å². The van der Waals surface area contributed by atoms with Crippen molar-refractivity contribution in [2.24, 2.45) is 5.73 Å². The van der Waals surface area contributed by atoms with Gasteiger partial charge >= 0.3 is 0 Å². The van der Waals surface area contributed by atoms with Crippen molar-refractivity contribution in [3.05, 3.63) is 64.7 Å². The van der Waals surface area contributed by atoms with Crippen molar-refractivity contribution in [3.63, 3.8) is 0 Å². The van der Waals surface area contributed by atoms with Crippen LogP contribution in [0.15, 0.2) is 48.5 Å². The Labute approximate surface area is 119 Å². The maximum Gasteiger partial charge on any atom is 0.119 e. The molecule has 0 aliphatic rings. The highest BCUT2D eigenvalue weighted by atomic mass is 35.5. The molecule has 2 aromatic rings. The van der Waals surface area contributed by atoms with Crippen LogP contribution in [0.5, 0.6) is 5.75 Å². The third-order valence-corrected chi connectivity index (χ3v) is 3.31. The first-order chi connectivity index (χ1) is 9.19. The molecule has 1 unspecified atom stereocenters.